The minimum absolute atomic E-state index is 0.00426. The molecule has 8 heteroatoms. The number of hydrogen-bond donors (Lipinski definition) is 2. The molecule has 8 nitrogen and oxygen atoms in total. The van der Waals surface area contributed by atoms with Crippen LogP contribution >= 0.6 is 0 Å². The first-order valence-electron chi connectivity index (χ1n) is 13.3. The van der Waals surface area contributed by atoms with Crippen molar-refractivity contribution in [3.8, 4) is 0 Å². The van der Waals surface area contributed by atoms with E-state index in [0.717, 1.165) is 38.6 Å². The van der Waals surface area contributed by atoms with Crippen molar-refractivity contribution >= 4 is 17.7 Å². The summed E-state index contributed by atoms with van der Waals surface area (Å²) in [6.45, 7) is 8.91. The van der Waals surface area contributed by atoms with Gasteiger partial charge in [0.15, 0.2) is 0 Å². The van der Waals surface area contributed by atoms with Crippen LogP contribution in [0, 0.1) is 23.2 Å². The largest absolute Gasteiger partial charge is 0.342 e. The van der Waals surface area contributed by atoms with Gasteiger partial charge in [0, 0.05) is 25.0 Å². The molecule has 5 atom stereocenters. The Morgan fingerprint density at radius 1 is 1.00 bits per heavy atom. The van der Waals surface area contributed by atoms with Gasteiger partial charge in [0.1, 0.15) is 17.8 Å². The summed E-state index contributed by atoms with van der Waals surface area (Å²) in [5.41, 5.74) is -0.280. The summed E-state index contributed by atoms with van der Waals surface area (Å²) in [7, 11) is 0. The Morgan fingerprint density at radius 3 is 2.37 bits per heavy atom. The second-order valence-corrected chi connectivity index (χ2v) is 11.8. The van der Waals surface area contributed by atoms with Gasteiger partial charge in [0.25, 0.3) is 5.91 Å². The second kappa shape index (κ2) is 10.6. The average molecular weight is 484 g/mol. The van der Waals surface area contributed by atoms with Gasteiger partial charge in [0.05, 0.1) is 6.20 Å². The SMILES string of the molecule is C[C@@H]1[C@H]2CCC[C@H]2CN1C(=O)[C@@H](NC(=O)[C@@H](NC(=O)c1cnccn1)C1CCCCC1)C(C)(C)C. The number of rotatable bonds is 6. The Kier molecular flexibility index (Phi) is 7.77. The highest BCUT2D eigenvalue weighted by molar-refractivity contribution is 5.97. The van der Waals surface area contributed by atoms with Crippen LogP contribution in [0.4, 0.5) is 0 Å². The molecule has 1 aliphatic heterocycles. The van der Waals surface area contributed by atoms with Gasteiger partial charge >= 0.3 is 0 Å². The van der Waals surface area contributed by atoms with Gasteiger partial charge in [-0.1, -0.05) is 46.5 Å². The quantitative estimate of drug-likeness (QED) is 0.646. The third kappa shape index (κ3) is 5.67. The van der Waals surface area contributed by atoms with Crippen LogP contribution in [-0.2, 0) is 9.59 Å². The fourth-order valence-corrected chi connectivity index (χ4v) is 6.41. The summed E-state index contributed by atoms with van der Waals surface area (Å²) in [5.74, 6) is 0.474. The molecule has 35 heavy (non-hydrogen) atoms. The van der Waals surface area contributed by atoms with Crippen LogP contribution in [0.25, 0.3) is 0 Å². The van der Waals surface area contributed by atoms with E-state index in [1.807, 2.05) is 25.7 Å². The molecule has 3 aliphatic rings. The fraction of sp³-hybridized carbons (Fsp3) is 0.741. The maximum absolute atomic E-state index is 13.8. The summed E-state index contributed by atoms with van der Waals surface area (Å²) in [6.07, 6.45) is 12.9. The smallest absolute Gasteiger partial charge is 0.272 e. The molecule has 1 aromatic heterocycles. The third-order valence-electron chi connectivity index (χ3n) is 8.43. The maximum Gasteiger partial charge on any atom is 0.272 e. The lowest BCUT2D eigenvalue weighted by molar-refractivity contribution is -0.141. The van der Waals surface area contributed by atoms with Crippen molar-refractivity contribution in [2.24, 2.45) is 23.2 Å². The number of carbonyl (C=O) groups is 3. The van der Waals surface area contributed by atoms with E-state index < -0.39 is 23.4 Å². The van der Waals surface area contributed by atoms with E-state index in [2.05, 4.69) is 27.5 Å². The van der Waals surface area contributed by atoms with Crippen molar-refractivity contribution < 1.29 is 14.4 Å². The molecule has 2 N–H and O–H groups in total. The normalized spacial score (nSPS) is 26.6. The lowest BCUT2D eigenvalue weighted by atomic mass is 9.82. The number of nitrogens with one attached hydrogen (secondary N) is 2. The van der Waals surface area contributed by atoms with Gasteiger partial charge in [-0.2, -0.15) is 0 Å². The Balaban J connectivity index is 1.52. The summed E-state index contributed by atoms with van der Waals surface area (Å²) in [4.78, 5) is 50.5. The zero-order chi connectivity index (χ0) is 25.2. The monoisotopic (exact) mass is 483 g/mol. The van der Waals surface area contributed by atoms with Gasteiger partial charge in [-0.3, -0.25) is 19.4 Å². The summed E-state index contributed by atoms with van der Waals surface area (Å²) in [5, 5.41) is 6.02. The molecule has 3 amide bonds. The molecular weight excluding hydrogens is 442 g/mol. The van der Waals surface area contributed by atoms with E-state index in [9.17, 15) is 14.4 Å². The van der Waals surface area contributed by atoms with Crippen molar-refractivity contribution in [1.29, 1.82) is 0 Å². The minimum atomic E-state index is -0.710. The van der Waals surface area contributed by atoms with Gasteiger partial charge in [-0.25, -0.2) is 4.98 Å². The Labute approximate surface area is 209 Å². The zero-order valence-electron chi connectivity index (χ0n) is 21.6. The van der Waals surface area contributed by atoms with Gasteiger partial charge in [0.2, 0.25) is 11.8 Å². The van der Waals surface area contributed by atoms with E-state index >= 15 is 0 Å². The highest BCUT2D eigenvalue weighted by atomic mass is 16.2. The van der Waals surface area contributed by atoms with Crippen LogP contribution in [0.15, 0.2) is 18.6 Å². The summed E-state index contributed by atoms with van der Waals surface area (Å²) >= 11 is 0. The fourth-order valence-electron chi connectivity index (χ4n) is 6.41. The van der Waals surface area contributed by atoms with Crippen LogP contribution in [0.2, 0.25) is 0 Å². The summed E-state index contributed by atoms with van der Waals surface area (Å²) in [6, 6.07) is -1.17. The van der Waals surface area contributed by atoms with Crippen molar-refractivity contribution in [2.75, 3.05) is 6.54 Å². The first-order chi connectivity index (χ1) is 16.7. The van der Waals surface area contributed by atoms with Crippen molar-refractivity contribution in [3.05, 3.63) is 24.3 Å². The molecule has 1 aromatic rings. The van der Waals surface area contributed by atoms with Crippen molar-refractivity contribution in [3.63, 3.8) is 0 Å². The number of amides is 3. The van der Waals surface area contributed by atoms with Crippen LogP contribution in [0.5, 0.6) is 0 Å². The predicted molar refractivity (Wildman–Crippen MR) is 133 cm³/mol. The molecule has 0 spiro atoms. The molecule has 4 rings (SSSR count). The second-order valence-electron chi connectivity index (χ2n) is 11.8. The van der Waals surface area contributed by atoms with Gasteiger partial charge < -0.3 is 15.5 Å². The molecule has 1 saturated heterocycles. The van der Waals surface area contributed by atoms with Gasteiger partial charge in [-0.15, -0.1) is 0 Å². The third-order valence-corrected chi connectivity index (χ3v) is 8.43. The molecule has 0 bridgehead atoms. The molecule has 192 valence electrons. The number of likely N-dealkylation sites (tertiary alicyclic amines) is 1. The average Bonchev–Trinajstić information content (AvgIpc) is 3.43. The predicted octanol–water partition coefficient (Wildman–Crippen LogP) is 3.33. The van der Waals surface area contributed by atoms with E-state index in [1.54, 1.807) is 0 Å². The van der Waals surface area contributed by atoms with E-state index in [-0.39, 0.29) is 29.5 Å². The number of nitrogens with zero attached hydrogens (tertiary/aromatic N) is 3. The van der Waals surface area contributed by atoms with E-state index in [1.165, 1.54) is 37.9 Å². The maximum atomic E-state index is 13.8. The Morgan fingerprint density at radius 2 is 1.74 bits per heavy atom. The molecule has 3 fully saturated rings. The molecular formula is C27H41N5O3. The first kappa shape index (κ1) is 25.6. The molecule has 2 aliphatic carbocycles. The highest BCUT2D eigenvalue weighted by Gasteiger charge is 2.47. The molecule has 2 heterocycles. The number of carbonyl (C=O) groups excluding carboxylic acids is 3. The van der Waals surface area contributed by atoms with E-state index in [0.29, 0.717) is 11.8 Å². The molecule has 0 aromatic carbocycles. The lowest BCUT2D eigenvalue weighted by Gasteiger charge is -2.37. The van der Waals surface area contributed by atoms with Gasteiger partial charge in [-0.05, 0) is 55.8 Å². The van der Waals surface area contributed by atoms with Crippen LogP contribution < -0.4 is 10.6 Å². The molecule has 0 unspecified atom stereocenters. The molecule has 2 saturated carbocycles. The zero-order valence-corrected chi connectivity index (χ0v) is 21.6. The van der Waals surface area contributed by atoms with Crippen LogP contribution in [0.3, 0.4) is 0 Å². The number of fused-ring (bicyclic) bond motifs is 1. The molecule has 0 radical (unpaired) electrons. The van der Waals surface area contributed by atoms with Crippen LogP contribution in [0.1, 0.15) is 89.5 Å². The number of hydrogen-bond acceptors (Lipinski definition) is 5. The Hall–Kier alpha value is -2.51. The lowest BCUT2D eigenvalue weighted by Crippen LogP contribution is -2.60. The Bertz CT molecular complexity index is 909. The van der Waals surface area contributed by atoms with Crippen molar-refractivity contribution in [1.82, 2.24) is 25.5 Å². The topological polar surface area (TPSA) is 104 Å². The van der Waals surface area contributed by atoms with Crippen molar-refractivity contribution in [2.45, 2.75) is 97.2 Å². The number of aromatic nitrogens is 2. The first-order valence-corrected chi connectivity index (χ1v) is 13.3. The minimum Gasteiger partial charge on any atom is -0.342 e. The standard InChI is InChI=1S/C27H41N5O3/c1-17-20-12-8-11-19(20)16-32(17)26(35)23(27(2,3)4)31-25(34)22(18-9-6-5-7-10-18)30-24(33)21-15-28-13-14-29-21/h13-15,17-20,22-23H,5-12,16H2,1-4H3,(H,30,33)(H,31,34)/t17-,19+,20-,22+,23-/m1/s1. The highest BCUT2D eigenvalue weighted by Crippen LogP contribution is 2.42. The van der Waals surface area contributed by atoms with E-state index in [4.69, 9.17) is 0 Å². The summed E-state index contributed by atoms with van der Waals surface area (Å²) < 4.78 is 0. The van der Waals surface area contributed by atoms with Crippen LogP contribution in [-0.4, -0.2) is 57.3 Å².